The number of halogens is 1. The van der Waals surface area contributed by atoms with Crippen LogP contribution in [0.25, 0.3) is 6.08 Å². The number of hydrazone groups is 1. The highest BCUT2D eigenvalue weighted by atomic mass is 35.5. The molecule has 6 heteroatoms. The molecule has 0 spiro atoms. The smallest absolute Gasteiger partial charge is 0.168 e. The molecule has 1 aromatic carbocycles. The first-order chi connectivity index (χ1) is 9.81. The summed E-state index contributed by atoms with van der Waals surface area (Å²) >= 11 is 5.65. The van der Waals surface area contributed by atoms with E-state index >= 15 is 0 Å². The molecule has 20 heavy (non-hydrogen) atoms. The molecule has 0 fully saturated rings. The predicted octanol–water partition coefficient (Wildman–Crippen LogP) is 3.00. The average Bonchev–Trinajstić information content (AvgIpc) is 2.49. The summed E-state index contributed by atoms with van der Waals surface area (Å²) in [5.74, 6) is 1.42. The minimum Gasteiger partial charge on any atom is -0.488 e. The first-order valence-electron chi connectivity index (χ1n) is 6.02. The third-order valence-electron chi connectivity index (χ3n) is 2.70. The molecule has 0 atom stereocenters. The normalized spacial score (nSPS) is 13.6. The van der Waals surface area contributed by atoms with Crippen LogP contribution in [0.1, 0.15) is 5.56 Å². The van der Waals surface area contributed by atoms with Crippen LogP contribution in [-0.2, 0) is 0 Å². The number of aromatic nitrogens is 2. The third kappa shape index (κ3) is 2.95. The van der Waals surface area contributed by atoms with E-state index in [-0.39, 0.29) is 0 Å². The van der Waals surface area contributed by atoms with Crippen molar-refractivity contribution in [2.45, 2.75) is 0 Å². The van der Waals surface area contributed by atoms with Crippen molar-refractivity contribution < 1.29 is 4.74 Å². The molecule has 2 heterocycles. The number of ether oxygens (including phenoxy) is 1. The lowest BCUT2D eigenvalue weighted by Crippen LogP contribution is -2.08. The van der Waals surface area contributed by atoms with E-state index in [0.717, 1.165) is 16.9 Å². The molecule has 1 N–H and O–H groups in total. The summed E-state index contributed by atoms with van der Waals surface area (Å²) in [7, 11) is 0. The van der Waals surface area contributed by atoms with Gasteiger partial charge in [0.05, 0.1) is 6.21 Å². The van der Waals surface area contributed by atoms with Crippen LogP contribution >= 0.6 is 11.6 Å². The van der Waals surface area contributed by atoms with Crippen molar-refractivity contribution in [3.63, 3.8) is 0 Å². The van der Waals surface area contributed by atoms with E-state index < -0.39 is 0 Å². The number of rotatable bonds is 3. The maximum Gasteiger partial charge on any atom is 0.168 e. The average molecular weight is 287 g/mol. The molecule has 0 saturated heterocycles. The lowest BCUT2D eigenvalue weighted by atomic mass is 10.1. The SMILES string of the molecule is Clc1ccc(N/N=C/C2=Cc3ccccc3OC2)nn1. The van der Waals surface area contributed by atoms with Gasteiger partial charge in [0.15, 0.2) is 11.0 Å². The van der Waals surface area contributed by atoms with E-state index in [2.05, 4.69) is 20.7 Å². The highest BCUT2D eigenvalue weighted by Gasteiger charge is 2.08. The van der Waals surface area contributed by atoms with Crippen LogP contribution in [0.4, 0.5) is 5.82 Å². The van der Waals surface area contributed by atoms with E-state index in [1.165, 1.54) is 0 Å². The fourth-order valence-electron chi connectivity index (χ4n) is 1.77. The van der Waals surface area contributed by atoms with Gasteiger partial charge in [0.2, 0.25) is 0 Å². The summed E-state index contributed by atoms with van der Waals surface area (Å²) < 4.78 is 5.62. The standard InChI is InChI=1S/C14H11ClN4O/c15-13-5-6-14(19-17-13)18-16-8-10-7-11-3-1-2-4-12(11)20-9-10/h1-8H,9H2,(H,18,19)/b16-8+. The summed E-state index contributed by atoms with van der Waals surface area (Å²) in [6.45, 7) is 0.495. The molecule has 0 unspecified atom stereocenters. The number of fused-ring (bicyclic) bond motifs is 1. The Kier molecular flexibility index (Phi) is 3.60. The van der Waals surface area contributed by atoms with E-state index in [9.17, 15) is 0 Å². The predicted molar refractivity (Wildman–Crippen MR) is 79.1 cm³/mol. The lowest BCUT2D eigenvalue weighted by molar-refractivity contribution is 0.353. The van der Waals surface area contributed by atoms with Crippen LogP contribution < -0.4 is 10.2 Å². The van der Waals surface area contributed by atoms with Gasteiger partial charge in [0.1, 0.15) is 12.4 Å². The van der Waals surface area contributed by atoms with Gasteiger partial charge in [-0.3, -0.25) is 5.43 Å². The van der Waals surface area contributed by atoms with Gasteiger partial charge >= 0.3 is 0 Å². The van der Waals surface area contributed by atoms with Gasteiger partial charge in [-0.25, -0.2) is 0 Å². The van der Waals surface area contributed by atoms with Gasteiger partial charge in [-0.05, 0) is 24.3 Å². The van der Waals surface area contributed by atoms with Crippen molar-refractivity contribution in [2.24, 2.45) is 5.10 Å². The number of hydrogen-bond acceptors (Lipinski definition) is 5. The second-order valence-electron chi connectivity index (χ2n) is 4.16. The Morgan fingerprint density at radius 3 is 2.95 bits per heavy atom. The first kappa shape index (κ1) is 12.6. The Balaban J connectivity index is 1.68. The van der Waals surface area contributed by atoms with Crippen molar-refractivity contribution in [1.29, 1.82) is 0 Å². The van der Waals surface area contributed by atoms with Gasteiger partial charge in [-0.1, -0.05) is 29.8 Å². The molecular formula is C14H11ClN4O. The Bertz CT molecular complexity index is 667. The zero-order valence-corrected chi connectivity index (χ0v) is 11.2. The first-order valence-corrected chi connectivity index (χ1v) is 6.40. The zero-order valence-electron chi connectivity index (χ0n) is 10.5. The quantitative estimate of drug-likeness (QED) is 0.696. The molecule has 0 radical (unpaired) electrons. The highest BCUT2D eigenvalue weighted by molar-refractivity contribution is 6.29. The number of benzene rings is 1. The minimum absolute atomic E-state index is 0.347. The Morgan fingerprint density at radius 2 is 2.10 bits per heavy atom. The van der Waals surface area contributed by atoms with Crippen LogP contribution in [0.2, 0.25) is 5.15 Å². The molecule has 2 aromatic rings. The zero-order chi connectivity index (χ0) is 13.8. The minimum atomic E-state index is 0.347. The summed E-state index contributed by atoms with van der Waals surface area (Å²) in [6, 6.07) is 11.2. The molecule has 0 saturated carbocycles. The van der Waals surface area contributed by atoms with Crippen LogP contribution in [-0.4, -0.2) is 23.0 Å². The van der Waals surface area contributed by atoms with E-state index in [4.69, 9.17) is 16.3 Å². The maximum absolute atomic E-state index is 5.65. The maximum atomic E-state index is 5.65. The van der Waals surface area contributed by atoms with Gasteiger partial charge in [0, 0.05) is 11.1 Å². The number of nitrogens with one attached hydrogen (secondary N) is 1. The number of anilines is 1. The largest absolute Gasteiger partial charge is 0.488 e. The van der Waals surface area contributed by atoms with Crippen molar-refractivity contribution >= 4 is 29.7 Å². The Morgan fingerprint density at radius 1 is 1.20 bits per heavy atom. The molecular weight excluding hydrogens is 276 g/mol. The Hall–Kier alpha value is -2.40. The van der Waals surface area contributed by atoms with Crippen LogP contribution in [0.15, 0.2) is 47.1 Å². The molecule has 0 bridgehead atoms. The number of hydrogen-bond donors (Lipinski definition) is 1. The lowest BCUT2D eigenvalue weighted by Gasteiger charge is -2.15. The molecule has 3 rings (SSSR count). The van der Waals surface area contributed by atoms with Crippen molar-refractivity contribution in [2.75, 3.05) is 12.0 Å². The van der Waals surface area contributed by atoms with Crippen molar-refractivity contribution in [1.82, 2.24) is 10.2 Å². The molecule has 1 aromatic heterocycles. The molecule has 1 aliphatic rings. The summed E-state index contributed by atoms with van der Waals surface area (Å²) in [4.78, 5) is 0. The van der Waals surface area contributed by atoms with E-state index in [1.807, 2.05) is 30.3 Å². The monoisotopic (exact) mass is 286 g/mol. The van der Waals surface area contributed by atoms with Gasteiger partial charge in [-0.15, -0.1) is 10.2 Å². The van der Waals surface area contributed by atoms with E-state index in [1.54, 1.807) is 18.3 Å². The fourth-order valence-corrected chi connectivity index (χ4v) is 1.87. The van der Waals surface area contributed by atoms with Gasteiger partial charge < -0.3 is 4.74 Å². The summed E-state index contributed by atoms with van der Waals surface area (Å²) in [5, 5.41) is 12.0. The second-order valence-corrected chi connectivity index (χ2v) is 4.54. The van der Waals surface area contributed by atoms with Crippen LogP contribution in [0.5, 0.6) is 5.75 Å². The van der Waals surface area contributed by atoms with Crippen molar-refractivity contribution in [3.05, 3.63) is 52.7 Å². The second kappa shape index (κ2) is 5.71. The summed E-state index contributed by atoms with van der Waals surface area (Å²) in [6.07, 6.45) is 3.74. The Labute approximate surface area is 120 Å². The van der Waals surface area contributed by atoms with Crippen LogP contribution in [0, 0.1) is 0 Å². The fraction of sp³-hybridized carbons (Fsp3) is 0.0714. The number of nitrogens with zero attached hydrogens (tertiary/aromatic N) is 3. The van der Waals surface area contributed by atoms with Gasteiger partial charge in [0.25, 0.3) is 0 Å². The van der Waals surface area contributed by atoms with Gasteiger partial charge in [-0.2, -0.15) is 5.10 Å². The molecule has 5 nitrogen and oxygen atoms in total. The topological polar surface area (TPSA) is 59.4 Å². The molecule has 100 valence electrons. The highest BCUT2D eigenvalue weighted by Crippen LogP contribution is 2.24. The molecule has 1 aliphatic heterocycles. The number of para-hydroxylation sites is 1. The molecule has 0 aliphatic carbocycles. The van der Waals surface area contributed by atoms with E-state index in [0.29, 0.717) is 17.6 Å². The van der Waals surface area contributed by atoms with Crippen molar-refractivity contribution in [3.8, 4) is 5.75 Å². The molecule has 0 amide bonds. The summed E-state index contributed by atoms with van der Waals surface area (Å²) in [5.41, 5.74) is 4.80. The third-order valence-corrected chi connectivity index (χ3v) is 2.90. The van der Waals surface area contributed by atoms with Crippen LogP contribution in [0.3, 0.4) is 0 Å².